The number of ether oxygens (including phenoxy) is 1. The van der Waals surface area contributed by atoms with E-state index in [1.54, 1.807) is 13.0 Å². The van der Waals surface area contributed by atoms with Gasteiger partial charge < -0.3 is 9.84 Å². The monoisotopic (exact) mass is 198 g/mol. The molecule has 4 nitrogen and oxygen atoms in total. The van der Waals surface area contributed by atoms with Crippen LogP contribution in [0.25, 0.3) is 0 Å². The molecule has 0 aromatic carbocycles. The normalized spacial score (nSPS) is 12.5. The summed E-state index contributed by atoms with van der Waals surface area (Å²) in [6, 6.07) is 0. The molecule has 0 rings (SSSR count). The largest absolute Gasteiger partial charge is 0.478 e. The van der Waals surface area contributed by atoms with Gasteiger partial charge in [-0.15, -0.1) is 0 Å². The zero-order valence-corrected chi connectivity index (χ0v) is 8.53. The second-order valence-corrected chi connectivity index (χ2v) is 2.70. The van der Waals surface area contributed by atoms with E-state index in [9.17, 15) is 9.59 Å². The lowest BCUT2D eigenvalue weighted by atomic mass is 10.1. The van der Waals surface area contributed by atoms with Crippen molar-refractivity contribution in [1.82, 2.24) is 0 Å². The number of rotatable bonds is 4. The summed E-state index contributed by atoms with van der Waals surface area (Å²) in [5.74, 6) is -1.41. The van der Waals surface area contributed by atoms with Crippen molar-refractivity contribution in [3.63, 3.8) is 0 Å². The van der Waals surface area contributed by atoms with E-state index in [0.717, 1.165) is 0 Å². The summed E-state index contributed by atoms with van der Waals surface area (Å²) in [6.45, 7) is 3.18. The number of hydrogen-bond donors (Lipinski definition) is 1. The molecule has 0 fully saturated rings. The van der Waals surface area contributed by atoms with Crippen LogP contribution in [0, 0.1) is 0 Å². The van der Waals surface area contributed by atoms with Crippen molar-refractivity contribution < 1.29 is 19.4 Å². The minimum absolute atomic E-state index is 0.216. The summed E-state index contributed by atoms with van der Waals surface area (Å²) < 4.78 is 4.51. The fraction of sp³-hybridized carbons (Fsp3) is 0.400. The quantitative estimate of drug-likeness (QED) is 0.549. The van der Waals surface area contributed by atoms with Crippen molar-refractivity contribution in [2.75, 3.05) is 7.11 Å². The minimum Gasteiger partial charge on any atom is -0.478 e. The molecule has 1 N–H and O–H groups in total. The maximum absolute atomic E-state index is 11.1. The fourth-order valence-corrected chi connectivity index (χ4v) is 0.800. The number of carbonyl (C=O) groups excluding carboxylic acids is 1. The third-order valence-corrected chi connectivity index (χ3v) is 1.76. The first kappa shape index (κ1) is 12.4. The molecule has 0 atom stereocenters. The van der Waals surface area contributed by atoms with Crippen molar-refractivity contribution in [3.8, 4) is 0 Å². The highest BCUT2D eigenvalue weighted by molar-refractivity contribution is 5.89. The Morgan fingerprint density at radius 1 is 1.43 bits per heavy atom. The van der Waals surface area contributed by atoms with Gasteiger partial charge in [0.25, 0.3) is 0 Å². The topological polar surface area (TPSA) is 63.6 Å². The Morgan fingerprint density at radius 2 is 2.00 bits per heavy atom. The highest BCUT2D eigenvalue weighted by atomic mass is 16.5. The Hall–Kier alpha value is -1.58. The first-order chi connectivity index (χ1) is 6.52. The van der Waals surface area contributed by atoms with Crippen LogP contribution in [-0.4, -0.2) is 24.2 Å². The van der Waals surface area contributed by atoms with E-state index < -0.39 is 11.9 Å². The standard InChI is InChI=1S/C10H14O4/c1-4-8(10(13)14-3)6-5-7(2)9(11)12/h4-5H,6H2,1-3H3,(H,11,12). The summed E-state index contributed by atoms with van der Waals surface area (Å²) in [5.41, 5.74) is 0.668. The molecule has 0 bridgehead atoms. The lowest BCUT2D eigenvalue weighted by Crippen LogP contribution is -2.04. The zero-order valence-electron chi connectivity index (χ0n) is 8.53. The van der Waals surface area contributed by atoms with Crippen LogP contribution in [0.4, 0.5) is 0 Å². The highest BCUT2D eigenvalue weighted by Crippen LogP contribution is 2.07. The van der Waals surface area contributed by atoms with Gasteiger partial charge in [0, 0.05) is 11.1 Å². The summed E-state index contributed by atoms with van der Waals surface area (Å²) in [4.78, 5) is 21.5. The number of esters is 1. The molecule has 0 saturated carbocycles. The lowest BCUT2D eigenvalue weighted by molar-refractivity contribution is -0.136. The maximum atomic E-state index is 11.1. The molecule has 0 saturated heterocycles. The zero-order chi connectivity index (χ0) is 11.1. The smallest absolute Gasteiger partial charge is 0.333 e. The van der Waals surface area contributed by atoms with Crippen LogP contribution < -0.4 is 0 Å². The average Bonchev–Trinajstić information content (AvgIpc) is 2.17. The SMILES string of the molecule is CC=C(CC=C(C)C(=O)O)C(=O)OC. The maximum Gasteiger partial charge on any atom is 0.333 e. The van der Waals surface area contributed by atoms with Crippen molar-refractivity contribution in [3.05, 3.63) is 23.3 Å². The average molecular weight is 198 g/mol. The minimum atomic E-state index is -0.981. The number of aliphatic carboxylic acids is 1. The molecule has 0 heterocycles. The molecular formula is C10H14O4. The first-order valence-electron chi connectivity index (χ1n) is 4.16. The van der Waals surface area contributed by atoms with Gasteiger partial charge in [-0.05, 0) is 20.3 Å². The molecule has 78 valence electrons. The fourth-order valence-electron chi connectivity index (χ4n) is 0.800. The molecule has 4 heteroatoms. The van der Waals surface area contributed by atoms with Gasteiger partial charge >= 0.3 is 11.9 Å². The van der Waals surface area contributed by atoms with E-state index in [1.165, 1.54) is 20.1 Å². The number of methoxy groups -OCH3 is 1. The molecule has 0 aliphatic carbocycles. The van der Waals surface area contributed by atoms with Crippen molar-refractivity contribution in [1.29, 1.82) is 0 Å². The van der Waals surface area contributed by atoms with Crippen molar-refractivity contribution >= 4 is 11.9 Å². The van der Waals surface area contributed by atoms with Crippen LogP contribution in [0.3, 0.4) is 0 Å². The third kappa shape index (κ3) is 3.89. The van der Waals surface area contributed by atoms with Crippen molar-refractivity contribution in [2.45, 2.75) is 20.3 Å². The summed E-state index contributed by atoms with van der Waals surface area (Å²) >= 11 is 0. The predicted molar refractivity (Wildman–Crippen MR) is 51.8 cm³/mol. The number of carboxylic acids is 1. The van der Waals surface area contributed by atoms with Crippen LogP contribution in [0.2, 0.25) is 0 Å². The van der Waals surface area contributed by atoms with Gasteiger partial charge in [-0.25, -0.2) is 9.59 Å². The van der Waals surface area contributed by atoms with E-state index >= 15 is 0 Å². The Balaban J connectivity index is 4.44. The van der Waals surface area contributed by atoms with Gasteiger partial charge in [0.2, 0.25) is 0 Å². The van der Waals surface area contributed by atoms with E-state index in [0.29, 0.717) is 5.57 Å². The Kier molecular flexibility index (Phi) is 5.29. The molecule has 0 aliphatic heterocycles. The van der Waals surface area contributed by atoms with Crippen LogP contribution >= 0.6 is 0 Å². The molecule has 0 aromatic heterocycles. The van der Waals surface area contributed by atoms with Gasteiger partial charge in [-0.1, -0.05) is 12.2 Å². The molecule has 0 spiro atoms. The van der Waals surface area contributed by atoms with Gasteiger partial charge in [-0.2, -0.15) is 0 Å². The van der Waals surface area contributed by atoms with Gasteiger partial charge in [0.1, 0.15) is 0 Å². The van der Waals surface area contributed by atoms with Crippen LogP contribution in [0.1, 0.15) is 20.3 Å². The van der Waals surface area contributed by atoms with Crippen LogP contribution in [0.15, 0.2) is 23.3 Å². The molecule has 0 radical (unpaired) electrons. The first-order valence-corrected chi connectivity index (χ1v) is 4.16. The lowest BCUT2D eigenvalue weighted by Gasteiger charge is -2.01. The van der Waals surface area contributed by atoms with Crippen molar-refractivity contribution in [2.24, 2.45) is 0 Å². The second kappa shape index (κ2) is 5.96. The molecule has 0 amide bonds. The number of carboxylic acid groups (broad SMARTS) is 1. The van der Waals surface area contributed by atoms with E-state index in [2.05, 4.69) is 4.74 Å². The summed E-state index contributed by atoms with van der Waals surface area (Å²) in [7, 11) is 1.29. The third-order valence-electron chi connectivity index (χ3n) is 1.76. The number of carbonyl (C=O) groups is 2. The molecule has 0 aromatic rings. The van der Waals surface area contributed by atoms with Crippen LogP contribution in [-0.2, 0) is 14.3 Å². The van der Waals surface area contributed by atoms with Crippen LogP contribution in [0.5, 0.6) is 0 Å². The highest BCUT2D eigenvalue weighted by Gasteiger charge is 2.07. The van der Waals surface area contributed by atoms with Gasteiger partial charge in [-0.3, -0.25) is 0 Å². The number of hydrogen-bond acceptors (Lipinski definition) is 3. The van der Waals surface area contributed by atoms with Gasteiger partial charge in [0.15, 0.2) is 0 Å². The van der Waals surface area contributed by atoms with E-state index in [4.69, 9.17) is 5.11 Å². The van der Waals surface area contributed by atoms with Gasteiger partial charge in [0.05, 0.1) is 7.11 Å². The Morgan fingerprint density at radius 3 is 2.36 bits per heavy atom. The molecular weight excluding hydrogens is 184 g/mol. The number of allylic oxidation sites excluding steroid dienone is 2. The summed E-state index contributed by atoms with van der Waals surface area (Å²) in [6.07, 6.45) is 3.37. The molecule has 14 heavy (non-hydrogen) atoms. The molecule has 0 unspecified atom stereocenters. The van der Waals surface area contributed by atoms with E-state index in [1.807, 2.05) is 0 Å². The predicted octanol–water partition coefficient (Wildman–Crippen LogP) is 1.53. The molecule has 0 aliphatic rings. The Labute approximate surface area is 82.9 Å². The van der Waals surface area contributed by atoms with E-state index in [-0.39, 0.29) is 12.0 Å². The Bertz CT molecular complexity index is 286. The second-order valence-electron chi connectivity index (χ2n) is 2.70. The summed E-state index contributed by atoms with van der Waals surface area (Å²) in [5, 5.41) is 8.56.